The molecule has 0 N–H and O–H groups in total. The number of hydrogen-bond donors (Lipinski definition) is 0. The van der Waals surface area contributed by atoms with Crippen LogP contribution in [0.2, 0.25) is 0 Å². The van der Waals surface area contributed by atoms with Crippen LogP contribution >= 0.6 is 0 Å². The minimum atomic E-state index is -0.919. The molecule has 0 spiro atoms. The molecule has 0 aliphatic carbocycles. The molecular weight excluding hydrogens is 292 g/mol. The average Bonchev–Trinajstić information content (AvgIpc) is 2.54. The highest BCUT2D eigenvalue weighted by molar-refractivity contribution is 5.64. The zero-order valence-electron chi connectivity index (χ0n) is 13.7. The van der Waals surface area contributed by atoms with E-state index >= 15 is 0 Å². The normalized spacial score (nSPS) is 13.4. The zero-order valence-corrected chi connectivity index (χ0v) is 13.7. The second-order valence-corrected chi connectivity index (χ2v) is 5.72. The molecular formula is C19H22O4. The maximum Gasteiger partial charge on any atom is 0.514 e. The Balaban J connectivity index is 2.12. The topological polar surface area (TPSA) is 44.8 Å². The van der Waals surface area contributed by atoms with Crippen molar-refractivity contribution in [2.75, 3.05) is 6.61 Å². The molecule has 0 saturated carbocycles. The molecule has 4 heteroatoms. The lowest BCUT2D eigenvalue weighted by Gasteiger charge is -2.30. The van der Waals surface area contributed by atoms with Crippen LogP contribution in [0.25, 0.3) is 0 Å². The van der Waals surface area contributed by atoms with Gasteiger partial charge in [-0.2, -0.15) is 0 Å². The van der Waals surface area contributed by atoms with Gasteiger partial charge in [0.2, 0.25) is 0 Å². The van der Waals surface area contributed by atoms with Crippen LogP contribution < -0.4 is 4.74 Å². The van der Waals surface area contributed by atoms with Crippen LogP contribution in [0, 0.1) is 0 Å². The van der Waals surface area contributed by atoms with Gasteiger partial charge in [-0.15, -0.1) is 0 Å². The van der Waals surface area contributed by atoms with Gasteiger partial charge in [-0.25, -0.2) is 4.79 Å². The van der Waals surface area contributed by atoms with Crippen molar-refractivity contribution < 1.29 is 19.0 Å². The monoisotopic (exact) mass is 314 g/mol. The molecule has 1 unspecified atom stereocenters. The molecule has 122 valence electrons. The van der Waals surface area contributed by atoms with Gasteiger partial charge in [-0.05, 0) is 38.5 Å². The maximum atomic E-state index is 12.1. The molecule has 0 heterocycles. The highest BCUT2D eigenvalue weighted by Crippen LogP contribution is 2.27. The first-order valence-electron chi connectivity index (χ1n) is 7.62. The summed E-state index contributed by atoms with van der Waals surface area (Å²) >= 11 is 0. The molecule has 0 radical (unpaired) electrons. The van der Waals surface area contributed by atoms with Gasteiger partial charge in [0.05, 0.1) is 12.7 Å². The van der Waals surface area contributed by atoms with Crippen molar-refractivity contribution in [3.63, 3.8) is 0 Å². The summed E-state index contributed by atoms with van der Waals surface area (Å²) in [5, 5.41) is 0. The van der Waals surface area contributed by atoms with Gasteiger partial charge in [-0.1, -0.05) is 48.5 Å². The van der Waals surface area contributed by atoms with Crippen LogP contribution in [0.1, 0.15) is 26.3 Å². The van der Waals surface area contributed by atoms with Gasteiger partial charge in [0, 0.05) is 0 Å². The summed E-state index contributed by atoms with van der Waals surface area (Å²) in [6.45, 7) is 5.94. The van der Waals surface area contributed by atoms with Gasteiger partial charge in [0.1, 0.15) is 5.75 Å². The van der Waals surface area contributed by atoms with Crippen LogP contribution in [0.15, 0.2) is 60.7 Å². The fraction of sp³-hybridized carbons (Fsp3) is 0.316. The fourth-order valence-electron chi connectivity index (χ4n) is 2.08. The lowest BCUT2D eigenvalue weighted by Crippen LogP contribution is -2.36. The first-order valence-corrected chi connectivity index (χ1v) is 7.62. The predicted molar refractivity (Wildman–Crippen MR) is 88.4 cm³/mol. The minimum absolute atomic E-state index is 0.0341. The molecule has 2 aromatic carbocycles. The molecule has 23 heavy (non-hydrogen) atoms. The third-order valence-electron chi connectivity index (χ3n) is 3.33. The quantitative estimate of drug-likeness (QED) is 0.580. The fourth-order valence-corrected chi connectivity index (χ4v) is 2.08. The molecule has 2 rings (SSSR count). The van der Waals surface area contributed by atoms with Gasteiger partial charge in [0.15, 0.2) is 5.60 Å². The summed E-state index contributed by atoms with van der Waals surface area (Å²) in [7, 11) is 0. The van der Waals surface area contributed by atoms with Crippen molar-refractivity contribution in [2.45, 2.75) is 32.5 Å². The van der Waals surface area contributed by atoms with E-state index in [4.69, 9.17) is 14.2 Å². The number of ether oxygens (including phenoxy) is 3. The SMILES string of the molecule is CC(C)OCC(C)(OC(=O)Oc1ccccc1)c1ccccc1. The Bertz CT molecular complexity index is 610. The van der Waals surface area contributed by atoms with Crippen molar-refractivity contribution >= 4 is 6.16 Å². The summed E-state index contributed by atoms with van der Waals surface area (Å²) in [5.41, 5.74) is -0.0668. The Morgan fingerprint density at radius 1 is 1.00 bits per heavy atom. The highest BCUT2D eigenvalue weighted by atomic mass is 16.7. The van der Waals surface area contributed by atoms with Crippen LogP contribution in [-0.4, -0.2) is 18.9 Å². The summed E-state index contributed by atoms with van der Waals surface area (Å²) in [4.78, 5) is 12.1. The van der Waals surface area contributed by atoms with Gasteiger partial charge >= 0.3 is 6.16 Å². The van der Waals surface area contributed by atoms with E-state index in [2.05, 4.69) is 0 Å². The van der Waals surface area contributed by atoms with Crippen LogP contribution in [-0.2, 0) is 15.1 Å². The third kappa shape index (κ3) is 5.11. The molecule has 0 fully saturated rings. The highest BCUT2D eigenvalue weighted by Gasteiger charge is 2.33. The van der Waals surface area contributed by atoms with E-state index in [-0.39, 0.29) is 12.7 Å². The minimum Gasteiger partial charge on any atom is -0.420 e. The molecule has 0 aliphatic rings. The molecule has 0 saturated heterocycles. The Kier molecular flexibility index (Phi) is 5.77. The lowest BCUT2D eigenvalue weighted by atomic mass is 9.97. The lowest BCUT2D eigenvalue weighted by molar-refractivity contribution is -0.0771. The standard InChI is InChI=1S/C19H22O4/c1-15(2)21-14-19(3,16-10-6-4-7-11-16)23-18(20)22-17-12-8-5-9-13-17/h4-13,15H,14H2,1-3H3. The van der Waals surface area contributed by atoms with Crippen molar-refractivity contribution in [1.82, 2.24) is 0 Å². The summed E-state index contributed by atoms with van der Waals surface area (Å²) in [5.74, 6) is 0.442. The largest absolute Gasteiger partial charge is 0.514 e. The van der Waals surface area contributed by atoms with Crippen molar-refractivity contribution in [2.24, 2.45) is 0 Å². The van der Waals surface area contributed by atoms with Crippen molar-refractivity contribution in [3.8, 4) is 5.75 Å². The smallest absolute Gasteiger partial charge is 0.420 e. The van der Waals surface area contributed by atoms with E-state index in [0.29, 0.717) is 5.75 Å². The van der Waals surface area contributed by atoms with E-state index in [0.717, 1.165) is 5.56 Å². The Morgan fingerprint density at radius 2 is 1.57 bits per heavy atom. The Labute approximate surface area is 137 Å². The Hall–Kier alpha value is -2.33. The predicted octanol–water partition coefficient (Wildman–Crippen LogP) is 4.54. The molecule has 4 nitrogen and oxygen atoms in total. The van der Waals surface area contributed by atoms with E-state index in [1.54, 1.807) is 24.3 Å². The van der Waals surface area contributed by atoms with E-state index in [1.807, 2.05) is 57.2 Å². The number of benzene rings is 2. The Morgan fingerprint density at radius 3 is 2.13 bits per heavy atom. The van der Waals surface area contributed by atoms with Gasteiger partial charge in [-0.3, -0.25) is 0 Å². The van der Waals surface area contributed by atoms with E-state index in [1.165, 1.54) is 0 Å². The molecule has 0 aromatic heterocycles. The molecule has 0 amide bonds. The second-order valence-electron chi connectivity index (χ2n) is 5.72. The van der Waals surface area contributed by atoms with Crippen molar-refractivity contribution in [1.29, 1.82) is 0 Å². The average molecular weight is 314 g/mol. The third-order valence-corrected chi connectivity index (χ3v) is 3.33. The number of para-hydroxylation sites is 1. The van der Waals surface area contributed by atoms with Crippen LogP contribution in [0.4, 0.5) is 4.79 Å². The zero-order chi connectivity index (χ0) is 16.7. The number of rotatable bonds is 6. The molecule has 0 bridgehead atoms. The summed E-state index contributed by atoms with van der Waals surface area (Å²) in [6, 6.07) is 18.3. The van der Waals surface area contributed by atoms with E-state index < -0.39 is 11.8 Å². The molecule has 0 aliphatic heterocycles. The van der Waals surface area contributed by atoms with E-state index in [9.17, 15) is 4.79 Å². The number of hydrogen-bond acceptors (Lipinski definition) is 4. The summed E-state index contributed by atoms with van der Waals surface area (Å²) < 4.78 is 16.5. The second kappa shape index (κ2) is 7.79. The van der Waals surface area contributed by atoms with Gasteiger partial charge < -0.3 is 14.2 Å². The first-order chi connectivity index (χ1) is 11.0. The molecule has 1 atom stereocenters. The van der Waals surface area contributed by atoms with Crippen LogP contribution in [0.5, 0.6) is 5.75 Å². The van der Waals surface area contributed by atoms with Crippen LogP contribution in [0.3, 0.4) is 0 Å². The number of carbonyl (C=O) groups excluding carboxylic acids is 1. The molecule has 2 aromatic rings. The summed E-state index contributed by atoms with van der Waals surface area (Å²) in [6.07, 6.45) is -0.721. The van der Waals surface area contributed by atoms with Crippen molar-refractivity contribution in [3.05, 3.63) is 66.2 Å². The first kappa shape index (κ1) is 17.0. The maximum absolute atomic E-state index is 12.1. The van der Waals surface area contributed by atoms with Gasteiger partial charge in [0.25, 0.3) is 0 Å². The number of carbonyl (C=O) groups is 1.